The number of nitrogens with one attached hydrogen (secondary N) is 1. The molecule has 0 aromatic heterocycles. The molecule has 1 heterocycles. The van der Waals surface area contributed by atoms with E-state index in [1.165, 1.54) is 0 Å². The lowest BCUT2D eigenvalue weighted by Crippen LogP contribution is -2.38. The zero-order chi connectivity index (χ0) is 20.3. The van der Waals surface area contributed by atoms with Gasteiger partial charge >= 0.3 is 0 Å². The van der Waals surface area contributed by atoms with E-state index in [2.05, 4.69) is 5.32 Å². The number of carbonyl (C=O) groups excluding carboxylic acids is 1. The van der Waals surface area contributed by atoms with Gasteiger partial charge in [-0.25, -0.2) is 0 Å². The lowest BCUT2D eigenvalue weighted by molar-refractivity contribution is 0.0525. The second-order valence-corrected chi connectivity index (χ2v) is 6.96. The number of ether oxygens (including phenoxy) is 3. The van der Waals surface area contributed by atoms with Crippen molar-refractivity contribution in [1.29, 1.82) is 0 Å². The van der Waals surface area contributed by atoms with Crippen LogP contribution in [0.4, 0.5) is 0 Å². The van der Waals surface area contributed by atoms with Crippen LogP contribution in [0, 0.1) is 0 Å². The molecule has 0 fully saturated rings. The minimum Gasteiger partial charge on any atom is -0.457 e. The van der Waals surface area contributed by atoms with Gasteiger partial charge in [0, 0.05) is 5.56 Å². The molecule has 6 nitrogen and oxygen atoms in total. The molecule has 2 N–H and O–H groups in total. The molecule has 1 aliphatic rings. The van der Waals surface area contributed by atoms with E-state index in [-0.39, 0.29) is 19.2 Å². The lowest BCUT2D eigenvalue weighted by Gasteiger charge is -2.24. The van der Waals surface area contributed by atoms with Gasteiger partial charge in [-0.15, -0.1) is 0 Å². The van der Waals surface area contributed by atoms with E-state index in [1.54, 1.807) is 49.4 Å². The number of aliphatic hydroxyl groups is 1. The summed E-state index contributed by atoms with van der Waals surface area (Å²) in [5.41, 5.74) is -0.145. The number of carbonyl (C=O) groups is 1. The van der Waals surface area contributed by atoms with Crippen LogP contribution in [0.2, 0.25) is 0 Å². The van der Waals surface area contributed by atoms with Gasteiger partial charge in [0.2, 0.25) is 6.79 Å². The van der Waals surface area contributed by atoms with Crippen LogP contribution in [0.15, 0.2) is 72.8 Å². The number of hydrogen-bond acceptors (Lipinski definition) is 5. The fourth-order valence-corrected chi connectivity index (χ4v) is 2.99. The Balaban J connectivity index is 1.37. The summed E-state index contributed by atoms with van der Waals surface area (Å²) in [5, 5.41) is 13.6. The van der Waals surface area contributed by atoms with Crippen LogP contribution in [-0.4, -0.2) is 24.4 Å². The molecule has 1 amide bonds. The summed E-state index contributed by atoms with van der Waals surface area (Å²) in [4.78, 5) is 12.5. The molecule has 0 radical (unpaired) electrons. The van der Waals surface area contributed by atoms with Gasteiger partial charge in [0.15, 0.2) is 11.5 Å². The molecule has 0 saturated heterocycles. The molecule has 29 heavy (non-hydrogen) atoms. The van der Waals surface area contributed by atoms with Crippen molar-refractivity contribution in [2.75, 3.05) is 13.3 Å². The van der Waals surface area contributed by atoms with Crippen LogP contribution >= 0.6 is 0 Å². The number of benzene rings is 3. The van der Waals surface area contributed by atoms with Crippen molar-refractivity contribution in [2.24, 2.45) is 0 Å². The van der Waals surface area contributed by atoms with Gasteiger partial charge in [-0.3, -0.25) is 4.79 Å². The highest BCUT2D eigenvalue weighted by molar-refractivity contribution is 5.94. The molecule has 0 aliphatic carbocycles. The molecule has 0 saturated carbocycles. The van der Waals surface area contributed by atoms with Crippen LogP contribution < -0.4 is 19.5 Å². The minimum atomic E-state index is -1.26. The summed E-state index contributed by atoms with van der Waals surface area (Å²) < 4.78 is 16.4. The molecular weight excluding hydrogens is 370 g/mol. The molecule has 148 valence electrons. The average Bonchev–Trinajstić information content (AvgIpc) is 3.21. The number of fused-ring (bicyclic) bond motifs is 1. The van der Waals surface area contributed by atoms with E-state index in [0.717, 1.165) is 5.75 Å². The van der Waals surface area contributed by atoms with Crippen molar-refractivity contribution in [2.45, 2.75) is 12.5 Å². The molecule has 0 bridgehead atoms. The molecule has 6 heteroatoms. The van der Waals surface area contributed by atoms with Crippen molar-refractivity contribution < 1.29 is 24.1 Å². The highest BCUT2D eigenvalue weighted by atomic mass is 16.7. The van der Waals surface area contributed by atoms with E-state index in [9.17, 15) is 9.90 Å². The first-order valence-electron chi connectivity index (χ1n) is 9.25. The molecule has 3 aromatic carbocycles. The Morgan fingerprint density at radius 3 is 2.45 bits per heavy atom. The molecular formula is C23H21NO5. The summed E-state index contributed by atoms with van der Waals surface area (Å²) in [7, 11) is 0. The SMILES string of the molecule is CC(O)(CNC(=O)c1ccc(Oc2ccccc2)cc1)c1ccc2c(c1)OCO2. The molecule has 1 atom stereocenters. The first-order valence-corrected chi connectivity index (χ1v) is 9.25. The van der Waals surface area contributed by atoms with E-state index in [1.807, 2.05) is 30.3 Å². The van der Waals surface area contributed by atoms with Gasteiger partial charge in [-0.05, 0) is 61.0 Å². The standard InChI is InChI=1S/C23H21NO5/c1-23(26,17-9-12-20-21(13-17)28-15-27-20)14-24-22(25)16-7-10-19(11-8-16)29-18-5-3-2-4-6-18/h2-13,26H,14-15H2,1H3,(H,24,25). The van der Waals surface area contributed by atoms with Crippen molar-refractivity contribution in [3.63, 3.8) is 0 Å². The van der Waals surface area contributed by atoms with Crippen LogP contribution in [0.3, 0.4) is 0 Å². The summed E-state index contributed by atoms with van der Waals surface area (Å²) in [6.07, 6.45) is 0. The van der Waals surface area contributed by atoms with Gasteiger partial charge in [-0.1, -0.05) is 24.3 Å². The Kier molecular flexibility index (Phi) is 5.10. The second kappa shape index (κ2) is 7.85. The fourth-order valence-electron chi connectivity index (χ4n) is 2.99. The summed E-state index contributed by atoms with van der Waals surface area (Å²) >= 11 is 0. The third-order valence-corrected chi connectivity index (χ3v) is 4.68. The Hall–Kier alpha value is -3.51. The zero-order valence-corrected chi connectivity index (χ0v) is 15.9. The van der Waals surface area contributed by atoms with E-state index in [4.69, 9.17) is 14.2 Å². The maximum absolute atomic E-state index is 12.5. The first-order chi connectivity index (χ1) is 14.0. The predicted octanol–water partition coefficient (Wildman–Crippen LogP) is 3.85. The molecule has 0 spiro atoms. The smallest absolute Gasteiger partial charge is 0.251 e. The molecule has 4 rings (SSSR count). The van der Waals surface area contributed by atoms with Gasteiger partial charge in [0.1, 0.15) is 17.1 Å². The van der Waals surface area contributed by atoms with Gasteiger partial charge in [0.05, 0.1) is 6.54 Å². The van der Waals surface area contributed by atoms with E-state index >= 15 is 0 Å². The number of para-hydroxylation sites is 1. The Morgan fingerprint density at radius 1 is 1.00 bits per heavy atom. The van der Waals surface area contributed by atoms with Crippen molar-refractivity contribution in [3.05, 3.63) is 83.9 Å². The average molecular weight is 391 g/mol. The third-order valence-electron chi connectivity index (χ3n) is 4.68. The lowest BCUT2D eigenvalue weighted by atomic mass is 9.95. The summed E-state index contributed by atoms with van der Waals surface area (Å²) in [5.74, 6) is 2.32. The minimum absolute atomic E-state index is 0.0493. The zero-order valence-electron chi connectivity index (χ0n) is 15.9. The third kappa shape index (κ3) is 4.33. The quantitative estimate of drug-likeness (QED) is 0.668. The Labute approximate surface area is 168 Å². The van der Waals surface area contributed by atoms with E-state index < -0.39 is 5.60 Å². The van der Waals surface area contributed by atoms with Crippen molar-refractivity contribution in [3.8, 4) is 23.0 Å². The number of rotatable bonds is 6. The Morgan fingerprint density at radius 2 is 1.69 bits per heavy atom. The van der Waals surface area contributed by atoms with Crippen molar-refractivity contribution in [1.82, 2.24) is 5.32 Å². The summed E-state index contributed by atoms with van der Waals surface area (Å²) in [6, 6.07) is 21.5. The molecule has 1 unspecified atom stereocenters. The van der Waals surface area contributed by atoms with E-state index in [0.29, 0.717) is 28.4 Å². The van der Waals surface area contributed by atoms with Crippen LogP contribution in [0.5, 0.6) is 23.0 Å². The Bertz CT molecular complexity index is 1000. The number of amides is 1. The highest BCUT2D eigenvalue weighted by Crippen LogP contribution is 2.35. The highest BCUT2D eigenvalue weighted by Gasteiger charge is 2.26. The van der Waals surface area contributed by atoms with Crippen molar-refractivity contribution >= 4 is 5.91 Å². The summed E-state index contributed by atoms with van der Waals surface area (Å²) in [6.45, 7) is 1.86. The van der Waals surface area contributed by atoms with Gasteiger partial charge < -0.3 is 24.6 Å². The maximum Gasteiger partial charge on any atom is 0.251 e. The normalized spacial score (nSPS) is 14.1. The van der Waals surface area contributed by atoms with Crippen LogP contribution in [-0.2, 0) is 5.60 Å². The van der Waals surface area contributed by atoms with Gasteiger partial charge in [-0.2, -0.15) is 0 Å². The number of hydrogen-bond donors (Lipinski definition) is 2. The molecule has 3 aromatic rings. The maximum atomic E-state index is 12.5. The fraction of sp³-hybridized carbons (Fsp3) is 0.174. The first kappa shape index (κ1) is 18.8. The topological polar surface area (TPSA) is 77.0 Å². The van der Waals surface area contributed by atoms with Crippen LogP contribution in [0.1, 0.15) is 22.8 Å². The largest absolute Gasteiger partial charge is 0.457 e. The predicted molar refractivity (Wildman–Crippen MR) is 107 cm³/mol. The second-order valence-electron chi connectivity index (χ2n) is 6.96. The van der Waals surface area contributed by atoms with Crippen LogP contribution in [0.25, 0.3) is 0 Å². The monoisotopic (exact) mass is 391 g/mol. The molecule has 1 aliphatic heterocycles. The van der Waals surface area contributed by atoms with Gasteiger partial charge in [0.25, 0.3) is 5.91 Å².